The minimum Gasteiger partial charge on any atom is -0.495 e. The lowest BCUT2D eigenvalue weighted by atomic mass is 10.1. The van der Waals surface area contributed by atoms with Crippen LogP contribution < -0.4 is 5.73 Å². The maximum absolute atomic E-state index is 5.90. The largest absolute Gasteiger partial charge is 0.495 e. The fraction of sp³-hybridized carbons (Fsp3) is 0.333. The number of allylic oxidation sites excluding steroid dienone is 4. The van der Waals surface area contributed by atoms with E-state index >= 15 is 0 Å². The minimum absolute atomic E-state index is 0.200. The van der Waals surface area contributed by atoms with Crippen LogP contribution in [0.25, 0.3) is 0 Å². The molecule has 0 saturated heterocycles. The number of rotatable bonds is 1. The second kappa shape index (κ2) is 3.32. The van der Waals surface area contributed by atoms with E-state index < -0.39 is 0 Å². The summed E-state index contributed by atoms with van der Waals surface area (Å²) in [5.41, 5.74) is 6.63. The zero-order valence-corrected chi connectivity index (χ0v) is 8.53. The molecular formula is C9H14NOP. The molecule has 0 radical (unpaired) electrons. The van der Waals surface area contributed by atoms with Gasteiger partial charge in [-0.3, -0.25) is 0 Å². The molecular weight excluding hydrogens is 169 g/mol. The molecule has 0 heterocycles. The maximum Gasteiger partial charge on any atom is 0.138 e. The van der Waals surface area contributed by atoms with Crippen molar-refractivity contribution in [2.75, 3.05) is 7.11 Å². The van der Waals surface area contributed by atoms with E-state index in [1.54, 1.807) is 7.11 Å². The molecule has 0 aromatic rings. The zero-order valence-electron chi connectivity index (χ0n) is 7.37. The predicted molar refractivity (Wildman–Crippen MR) is 54.6 cm³/mol. The Kier molecular flexibility index (Phi) is 2.58. The SMILES string of the molecule is COC1=C(N)C(C)(P)C=CC=C1. The predicted octanol–water partition coefficient (Wildman–Crippen LogP) is 1.56. The highest BCUT2D eigenvalue weighted by Gasteiger charge is 2.22. The van der Waals surface area contributed by atoms with Crippen LogP contribution >= 0.6 is 9.24 Å². The summed E-state index contributed by atoms with van der Waals surface area (Å²) < 4.78 is 5.13. The lowest BCUT2D eigenvalue weighted by molar-refractivity contribution is 0.299. The van der Waals surface area contributed by atoms with Gasteiger partial charge >= 0.3 is 0 Å². The molecule has 0 bridgehead atoms. The van der Waals surface area contributed by atoms with Crippen LogP contribution in [0.3, 0.4) is 0 Å². The van der Waals surface area contributed by atoms with E-state index in [9.17, 15) is 0 Å². The fourth-order valence-electron chi connectivity index (χ4n) is 1.02. The van der Waals surface area contributed by atoms with Gasteiger partial charge in [0.05, 0.1) is 12.8 Å². The van der Waals surface area contributed by atoms with Crippen molar-refractivity contribution in [1.29, 1.82) is 0 Å². The van der Waals surface area contributed by atoms with E-state index in [-0.39, 0.29) is 5.16 Å². The Balaban J connectivity index is 3.11. The summed E-state index contributed by atoms with van der Waals surface area (Å²) in [6, 6.07) is 0. The minimum atomic E-state index is -0.200. The van der Waals surface area contributed by atoms with Crippen LogP contribution in [0, 0.1) is 0 Å². The van der Waals surface area contributed by atoms with E-state index in [0.29, 0.717) is 0 Å². The molecule has 0 aromatic carbocycles. The van der Waals surface area contributed by atoms with Gasteiger partial charge in [-0.25, -0.2) is 0 Å². The standard InChI is InChI=1S/C9H14NOP/c1-9(12)6-4-3-5-7(11-2)8(9)10/h3-6H,10,12H2,1-2H3. The van der Waals surface area contributed by atoms with Gasteiger partial charge in [-0.2, -0.15) is 0 Å². The van der Waals surface area contributed by atoms with Gasteiger partial charge < -0.3 is 10.5 Å². The summed E-state index contributed by atoms with van der Waals surface area (Å²) >= 11 is 0. The van der Waals surface area contributed by atoms with Crippen LogP contribution in [0.4, 0.5) is 0 Å². The maximum atomic E-state index is 5.90. The molecule has 1 aliphatic carbocycles. The first-order valence-corrected chi connectivity index (χ1v) is 4.34. The second-order valence-electron chi connectivity index (χ2n) is 2.98. The van der Waals surface area contributed by atoms with Crippen molar-refractivity contribution in [2.45, 2.75) is 12.1 Å². The Hall–Kier alpha value is -0.750. The summed E-state index contributed by atoms with van der Waals surface area (Å²) in [5.74, 6) is 0.734. The number of ether oxygens (including phenoxy) is 1. The highest BCUT2D eigenvalue weighted by Crippen LogP contribution is 2.29. The van der Waals surface area contributed by atoms with Crippen LogP contribution in [-0.2, 0) is 4.74 Å². The first-order valence-electron chi connectivity index (χ1n) is 3.77. The molecule has 0 saturated carbocycles. The molecule has 0 fully saturated rings. The third-order valence-corrected chi connectivity index (χ3v) is 2.37. The van der Waals surface area contributed by atoms with Crippen LogP contribution in [0.5, 0.6) is 0 Å². The molecule has 2 unspecified atom stereocenters. The Labute approximate surface area is 75.4 Å². The molecule has 0 aromatic heterocycles. The quantitative estimate of drug-likeness (QED) is 0.626. The van der Waals surface area contributed by atoms with Crippen LogP contribution in [0.15, 0.2) is 35.8 Å². The molecule has 3 heteroatoms. The second-order valence-corrected chi connectivity index (χ2v) is 4.18. The van der Waals surface area contributed by atoms with Crippen molar-refractivity contribution in [1.82, 2.24) is 0 Å². The van der Waals surface area contributed by atoms with Gasteiger partial charge in [0.25, 0.3) is 0 Å². The van der Waals surface area contributed by atoms with Crippen molar-refractivity contribution in [3.05, 3.63) is 35.8 Å². The Morgan fingerprint density at radius 1 is 1.50 bits per heavy atom. The summed E-state index contributed by atoms with van der Waals surface area (Å²) in [6.45, 7) is 2.02. The summed E-state index contributed by atoms with van der Waals surface area (Å²) in [4.78, 5) is 0. The number of hydrogen-bond acceptors (Lipinski definition) is 2. The third-order valence-electron chi connectivity index (χ3n) is 1.87. The Bertz CT molecular complexity index is 264. The molecule has 2 atom stereocenters. The van der Waals surface area contributed by atoms with E-state index in [0.717, 1.165) is 11.5 Å². The van der Waals surface area contributed by atoms with Gasteiger partial charge in [0.2, 0.25) is 0 Å². The van der Waals surface area contributed by atoms with Crippen LogP contribution in [-0.4, -0.2) is 12.3 Å². The van der Waals surface area contributed by atoms with Crippen LogP contribution in [0.2, 0.25) is 0 Å². The van der Waals surface area contributed by atoms with E-state index in [1.807, 2.05) is 31.2 Å². The monoisotopic (exact) mass is 183 g/mol. The van der Waals surface area contributed by atoms with Crippen molar-refractivity contribution in [3.8, 4) is 0 Å². The fourth-order valence-corrected chi connectivity index (χ4v) is 1.27. The highest BCUT2D eigenvalue weighted by molar-refractivity contribution is 7.19. The lowest BCUT2D eigenvalue weighted by Crippen LogP contribution is -2.23. The van der Waals surface area contributed by atoms with Crippen molar-refractivity contribution >= 4 is 9.24 Å². The molecule has 0 aliphatic heterocycles. The van der Waals surface area contributed by atoms with Gasteiger partial charge in [-0.1, -0.05) is 18.2 Å². The first-order chi connectivity index (χ1) is 5.58. The first kappa shape index (κ1) is 9.34. The molecule has 0 amide bonds. The number of nitrogens with two attached hydrogens (primary N) is 1. The third kappa shape index (κ3) is 1.70. The molecule has 0 spiro atoms. The highest BCUT2D eigenvalue weighted by atomic mass is 31.0. The normalized spacial score (nSPS) is 28.9. The lowest BCUT2D eigenvalue weighted by Gasteiger charge is -2.21. The smallest absolute Gasteiger partial charge is 0.138 e. The van der Waals surface area contributed by atoms with E-state index in [4.69, 9.17) is 10.5 Å². The van der Waals surface area contributed by atoms with Gasteiger partial charge in [0, 0.05) is 5.16 Å². The number of hydrogen-bond donors (Lipinski definition) is 1. The molecule has 1 aliphatic rings. The molecule has 2 nitrogen and oxygen atoms in total. The van der Waals surface area contributed by atoms with Crippen LogP contribution in [0.1, 0.15) is 6.92 Å². The summed E-state index contributed by atoms with van der Waals surface area (Å²) in [7, 11) is 4.32. The van der Waals surface area contributed by atoms with E-state index in [2.05, 4.69) is 9.24 Å². The van der Waals surface area contributed by atoms with Crippen molar-refractivity contribution < 1.29 is 4.74 Å². The number of methoxy groups -OCH3 is 1. The average Bonchev–Trinajstić information content (AvgIpc) is 2.14. The zero-order chi connectivity index (χ0) is 9.19. The van der Waals surface area contributed by atoms with Gasteiger partial charge in [-0.15, -0.1) is 9.24 Å². The van der Waals surface area contributed by atoms with Crippen molar-refractivity contribution in [3.63, 3.8) is 0 Å². The van der Waals surface area contributed by atoms with Crippen molar-refractivity contribution in [2.24, 2.45) is 5.73 Å². The molecule has 2 N–H and O–H groups in total. The summed E-state index contributed by atoms with van der Waals surface area (Å²) in [5, 5.41) is -0.200. The molecule has 66 valence electrons. The van der Waals surface area contributed by atoms with E-state index in [1.165, 1.54) is 0 Å². The topological polar surface area (TPSA) is 35.2 Å². The Morgan fingerprint density at radius 2 is 2.17 bits per heavy atom. The Morgan fingerprint density at radius 3 is 2.75 bits per heavy atom. The van der Waals surface area contributed by atoms with Gasteiger partial charge in [0.15, 0.2) is 0 Å². The van der Waals surface area contributed by atoms with Gasteiger partial charge in [-0.05, 0) is 13.0 Å². The van der Waals surface area contributed by atoms with Gasteiger partial charge in [0.1, 0.15) is 5.76 Å². The average molecular weight is 183 g/mol. The summed E-state index contributed by atoms with van der Waals surface area (Å²) in [6.07, 6.45) is 7.77. The molecule has 12 heavy (non-hydrogen) atoms. The molecule has 1 rings (SSSR count).